The molecule has 2 aromatic rings. The first-order chi connectivity index (χ1) is 7.75. The Morgan fingerprint density at radius 3 is 2.50 bits per heavy atom. The van der Waals surface area contributed by atoms with Gasteiger partial charge in [0, 0.05) is 28.1 Å². The lowest BCUT2D eigenvalue weighted by Gasteiger charge is -2.00. The van der Waals surface area contributed by atoms with Crippen molar-refractivity contribution >= 4 is 46.5 Å². The van der Waals surface area contributed by atoms with E-state index in [0.717, 1.165) is 22.2 Å². The minimum atomic E-state index is 0.684. The van der Waals surface area contributed by atoms with E-state index in [0.29, 0.717) is 4.34 Å². The van der Waals surface area contributed by atoms with E-state index in [2.05, 4.69) is 9.59 Å². The van der Waals surface area contributed by atoms with Crippen molar-refractivity contribution in [1.29, 1.82) is 0 Å². The van der Waals surface area contributed by atoms with Gasteiger partial charge in [-0.15, -0.1) is 5.10 Å². The van der Waals surface area contributed by atoms with Crippen LogP contribution in [0.15, 0.2) is 24.3 Å². The molecule has 0 aliphatic rings. The smallest absolute Gasteiger partial charge is 0.138 e. The standard InChI is InChI=1S/C10H8Cl2N2S2/c11-8-3-1-7(2-4-8)5-15-6-9-10(12)16-14-13-9/h1-4H,5-6H2. The summed E-state index contributed by atoms with van der Waals surface area (Å²) < 4.78 is 4.47. The monoisotopic (exact) mass is 290 g/mol. The van der Waals surface area contributed by atoms with Crippen LogP contribution in [0.4, 0.5) is 0 Å². The number of aromatic nitrogens is 2. The third-order valence-corrected chi connectivity index (χ3v) is 4.18. The Bertz CT molecular complexity index is 456. The van der Waals surface area contributed by atoms with Gasteiger partial charge in [0.25, 0.3) is 0 Å². The Balaban J connectivity index is 1.84. The fraction of sp³-hybridized carbons (Fsp3) is 0.200. The molecular weight excluding hydrogens is 283 g/mol. The molecule has 0 bridgehead atoms. The van der Waals surface area contributed by atoms with E-state index in [1.807, 2.05) is 24.3 Å². The summed E-state index contributed by atoms with van der Waals surface area (Å²) >= 11 is 14.7. The molecule has 84 valence electrons. The summed E-state index contributed by atoms with van der Waals surface area (Å²) in [7, 11) is 0. The van der Waals surface area contributed by atoms with E-state index in [1.165, 1.54) is 17.1 Å². The van der Waals surface area contributed by atoms with Crippen molar-refractivity contribution in [2.45, 2.75) is 11.5 Å². The summed E-state index contributed by atoms with van der Waals surface area (Å²) in [5.74, 6) is 1.71. The molecule has 0 unspecified atom stereocenters. The lowest BCUT2D eigenvalue weighted by molar-refractivity contribution is 1.07. The molecule has 6 heteroatoms. The molecule has 1 heterocycles. The van der Waals surface area contributed by atoms with Crippen molar-refractivity contribution in [2.75, 3.05) is 0 Å². The maximum atomic E-state index is 5.91. The molecule has 0 saturated heterocycles. The van der Waals surface area contributed by atoms with Crippen LogP contribution < -0.4 is 0 Å². The van der Waals surface area contributed by atoms with Gasteiger partial charge in [0.2, 0.25) is 0 Å². The first-order valence-corrected chi connectivity index (χ1v) is 7.23. The molecule has 0 spiro atoms. The first-order valence-electron chi connectivity index (χ1n) is 4.54. The Morgan fingerprint density at radius 1 is 1.12 bits per heavy atom. The largest absolute Gasteiger partial charge is 0.151 e. The maximum absolute atomic E-state index is 5.91. The Kier molecular flexibility index (Phi) is 4.46. The fourth-order valence-corrected chi connectivity index (χ4v) is 2.98. The summed E-state index contributed by atoms with van der Waals surface area (Å²) in [6.45, 7) is 0. The molecule has 16 heavy (non-hydrogen) atoms. The fourth-order valence-electron chi connectivity index (χ4n) is 1.13. The molecule has 0 aliphatic carbocycles. The van der Waals surface area contributed by atoms with Crippen molar-refractivity contribution in [2.24, 2.45) is 0 Å². The lowest BCUT2D eigenvalue weighted by atomic mass is 10.2. The SMILES string of the molecule is Clc1ccc(CSCc2nnsc2Cl)cc1. The highest BCUT2D eigenvalue weighted by atomic mass is 35.5. The quantitative estimate of drug-likeness (QED) is 0.841. The average Bonchev–Trinajstić information content (AvgIpc) is 2.68. The van der Waals surface area contributed by atoms with E-state index in [1.54, 1.807) is 11.8 Å². The highest BCUT2D eigenvalue weighted by Crippen LogP contribution is 2.24. The zero-order valence-corrected chi connectivity index (χ0v) is 11.3. The molecule has 2 nitrogen and oxygen atoms in total. The lowest BCUT2D eigenvalue weighted by Crippen LogP contribution is -1.84. The van der Waals surface area contributed by atoms with Gasteiger partial charge in [0.15, 0.2) is 0 Å². The topological polar surface area (TPSA) is 25.8 Å². The second-order valence-electron chi connectivity index (χ2n) is 3.11. The highest BCUT2D eigenvalue weighted by Gasteiger charge is 2.04. The number of hydrogen-bond acceptors (Lipinski definition) is 4. The number of nitrogens with zero attached hydrogens (tertiary/aromatic N) is 2. The van der Waals surface area contributed by atoms with E-state index in [-0.39, 0.29) is 0 Å². The predicted molar refractivity (Wildman–Crippen MR) is 71.4 cm³/mol. The van der Waals surface area contributed by atoms with Crippen LogP contribution in [-0.2, 0) is 11.5 Å². The second-order valence-corrected chi connectivity index (χ2v) is 5.89. The second kappa shape index (κ2) is 5.87. The van der Waals surface area contributed by atoms with Crippen LogP contribution in [0.5, 0.6) is 0 Å². The van der Waals surface area contributed by atoms with Crippen LogP contribution in [-0.4, -0.2) is 9.59 Å². The van der Waals surface area contributed by atoms with Crippen molar-refractivity contribution in [1.82, 2.24) is 9.59 Å². The summed E-state index contributed by atoms with van der Waals surface area (Å²) in [4.78, 5) is 0. The van der Waals surface area contributed by atoms with Gasteiger partial charge in [-0.2, -0.15) is 11.8 Å². The molecule has 0 amide bonds. The van der Waals surface area contributed by atoms with Gasteiger partial charge in [-0.05, 0) is 17.7 Å². The van der Waals surface area contributed by atoms with Gasteiger partial charge in [-0.25, -0.2) is 0 Å². The van der Waals surface area contributed by atoms with Crippen LogP contribution in [0.2, 0.25) is 9.36 Å². The van der Waals surface area contributed by atoms with Crippen LogP contribution >= 0.6 is 46.5 Å². The molecule has 1 aromatic heterocycles. The number of rotatable bonds is 4. The maximum Gasteiger partial charge on any atom is 0.138 e. The van der Waals surface area contributed by atoms with Crippen LogP contribution in [0.3, 0.4) is 0 Å². The number of halogens is 2. The van der Waals surface area contributed by atoms with Gasteiger partial charge < -0.3 is 0 Å². The molecule has 0 N–H and O–H groups in total. The molecular formula is C10H8Cl2N2S2. The predicted octanol–water partition coefficient (Wildman–Crippen LogP) is 4.28. The third kappa shape index (κ3) is 3.35. The van der Waals surface area contributed by atoms with Crippen molar-refractivity contribution in [3.8, 4) is 0 Å². The summed E-state index contributed by atoms with van der Waals surface area (Å²) in [6, 6.07) is 7.84. The third-order valence-electron chi connectivity index (χ3n) is 1.93. The minimum Gasteiger partial charge on any atom is -0.151 e. The van der Waals surface area contributed by atoms with E-state index in [4.69, 9.17) is 23.2 Å². The van der Waals surface area contributed by atoms with E-state index >= 15 is 0 Å². The molecule has 0 atom stereocenters. The zero-order chi connectivity index (χ0) is 11.4. The Labute approximate surface area is 112 Å². The highest BCUT2D eigenvalue weighted by molar-refractivity contribution is 7.97. The van der Waals surface area contributed by atoms with E-state index in [9.17, 15) is 0 Å². The van der Waals surface area contributed by atoms with E-state index < -0.39 is 0 Å². The van der Waals surface area contributed by atoms with Crippen molar-refractivity contribution < 1.29 is 0 Å². The van der Waals surface area contributed by atoms with Crippen molar-refractivity contribution in [3.63, 3.8) is 0 Å². The Morgan fingerprint density at radius 2 is 1.88 bits per heavy atom. The number of thioether (sulfide) groups is 1. The van der Waals surface area contributed by atoms with Gasteiger partial charge in [-0.3, -0.25) is 0 Å². The minimum absolute atomic E-state index is 0.684. The van der Waals surface area contributed by atoms with Crippen LogP contribution in [0, 0.1) is 0 Å². The van der Waals surface area contributed by atoms with Gasteiger partial charge in [-0.1, -0.05) is 39.8 Å². The molecule has 0 aliphatic heterocycles. The summed E-state index contributed by atoms with van der Waals surface area (Å²) in [5, 5.41) is 4.72. The van der Waals surface area contributed by atoms with Gasteiger partial charge >= 0.3 is 0 Å². The van der Waals surface area contributed by atoms with Crippen LogP contribution in [0.1, 0.15) is 11.3 Å². The molecule has 0 fully saturated rings. The number of hydrogen-bond donors (Lipinski definition) is 0. The average molecular weight is 291 g/mol. The Hall–Kier alpha value is -0.290. The normalized spacial score (nSPS) is 10.6. The van der Waals surface area contributed by atoms with Gasteiger partial charge in [0.05, 0.1) is 0 Å². The molecule has 1 aromatic carbocycles. The first kappa shape index (κ1) is 12.2. The number of benzene rings is 1. The molecule has 0 radical (unpaired) electrons. The van der Waals surface area contributed by atoms with Gasteiger partial charge in [0.1, 0.15) is 10.0 Å². The van der Waals surface area contributed by atoms with Crippen molar-refractivity contribution in [3.05, 3.63) is 44.9 Å². The zero-order valence-electron chi connectivity index (χ0n) is 8.19. The summed E-state index contributed by atoms with van der Waals surface area (Å²) in [5.41, 5.74) is 2.11. The van der Waals surface area contributed by atoms with Crippen LogP contribution in [0.25, 0.3) is 0 Å². The summed E-state index contributed by atoms with van der Waals surface area (Å²) in [6.07, 6.45) is 0. The molecule has 2 rings (SSSR count). The molecule has 0 saturated carbocycles.